The molecule has 1 aliphatic heterocycles. The minimum absolute atomic E-state index is 0.110. The molecular formula is C21H30N6O3. The van der Waals surface area contributed by atoms with Crippen LogP contribution >= 0.6 is 0 Å². The maximum atomic E-state index is 12.0. The van der Waals surface area contributed by atoms with E-state index < -0.39 is 5.91 Å². The van der Waals surface area contributed by atoms with Crippen molar-refractivity contribution in [2.75, 3.05) is 37.0 Å². The molecule has 9 heteroatoms. The number of nitrogens with zero attached hydrogens (tertiary/aromatic N) is 2. The minimum Gasteiger partial charge on any atom is -0.493 e. The fraction of sp³-hybridized carbons (Fsp3) is 0.476. The lowest BCUT2D eigenvalue weighted by Gasteiger charge is -2.25. The molecule has 1 aromatic carbocycles. The van der Waals surface area contributed by atoms with Crippen LogP contribution in [0.1, 0.15) is 42.4 Å². The second kappa shape index (κ2) is 10.7. The summed E-state index contributed by atoms with van der Waals surface area (Å²) in [6.07, 6.45) is 3.19. The highest BCUT2D eigenvalue weighted by atomic mass is 16.5. The minimum atomic E-state index is -0.632. The molecule has 1 saturated heterocycles. The first kappa shape index (κ1) is 21.8. The molecule has 0 unspecified atom stereocenters. The van der Waals surface area contributed by atoms with Crippen molar-refractivity contribution in [3.05, 3.63) is 35.7 Å². The molecular weight excluding hydrogens is 384 g/mol. The number of carbonyl (C=O) groups excluding carboxylic acids is 1. The van der Waals surface area contributed by atoms with Crippen LogP contribution in [0.15, 0.2) is 24.3 Å². The Labute approximate surface area is 176 Å². The number of benzene rings is 1. The molecule has 0 atom stereocenters. The van der Waals surface area contributed by atoms with Crippen molar-refractivity contribution in [3.8, 4) is 5.75 Å². The molecule has 0 bridgehead atoms. The summed E-state index contributed by atoms with van der Waals surface area (Å²) in [5, 5.41) is 6.63. The molecule has 1 fully saturated rings. The van der Waals surface area contributed by atoms with Gasteiger partial charge >= 0.3 is 0 Å². The summed E-state index contributed by atoms with van der Waals surface area (Å²) in [5.74, 6) is 1.04. The molecule has 0 spiro atoms. The number of rotatable bonds is 10. The van der Waals surface area contributed by atoms with Gasteiger partial charge < -0.3 is 31.6 Å². The Morgan fingerprint density at radius 2 is 2.07 bits per heavy atom. The molecule has 30 heavy (non-hydrogen) atoms. The number of nitrogens with one attached hydrogen (secondary N) is 2. The molecule has 0 radical (unpaired) electrons. The van der Waals surface area contributed by atoms with E-state index in [4.69, 9.17) is 20.9 Å². The highest BCUT2D eigenvalue weighted by molar-refractivity contribution is 5.96. The van der Waals surface area contributed by atoms with E-state index in [1.165, 1.54) is 0 Å². The van der Waals surface area contributed by atoms with Gasteiger partial charge in [-0.1, -0.05) is 13.0 Å². The monoisotopic (exact) mass is 414 g/mol. The zero-order chi connectivity index (χ0) is 21.3. The van der Waals surface area contributed by atoms with Crippen molar-refractivity contribution >= 4 is 23.2 Å². The van der Waals surface area contributed by atoms with Gasteiger partial charge in [0, 0.05) is 31.0 Å². The van der Waals surface area contributed by atoms with E-state index in [9.17, 15) is 4.79 Å². The first-order valence-corrected chi connectivity index (χ1v) is 10.4. The van der Waals surface area contributed by atoms with Crippen molar-refractivity contribution < 1.29 is 14.3 Å². The summed E-state index contributed by atoms with van der Waals surface area (Å²) < 4.78 is 11.1. The number of nitrogens with two attached hydrogens (primary N) is 2. The maximum Gasteiger partial charge on any atom is 0.271 e. The van der Waals surface area contributed by atoms with Crippen molar-refractivity contribution in [1.29, 1.82) is 0 Å². The third kappa shape index (κ3) is 5.80. The summed E-state index contributed by atoms with van der Waals surface area (Å²) >= 11 is 0. The van der Waals surface area contributed by atoms with Crippen LogP contribution in [-0.2, 0) is 11.2 Å². The molecule has 162 valence electrons. The molecule has 1 aliphatic rings. The third-order valence-corrected chi connectivity index (χ3v) is 4.81. The van der Waals surface area contributed by atoms with Crippen molar-refractivity contribution in [3.63, 3.8) is 0 Å². The quantitative estimate of drug-likeness (QED) is 0.434. The summed E-state index contributed by atoms with van der Waals surface area (Å²) in [4.78, 5) is 21.2. The predicted molar refractivity (Wildman–Crippen MR) is 116 cm³/mol. The predicted octanol–water partition coefficient (Wildman–Crippen LogP) is 2.20. The Balaban J connectivity index is 1.85. The lowest BCUT2D eigenvalue weighted by Crippen LogP contribution is -2.29. The molecule has 1 aromatic heterocycles. The van der Waals surface area contributed by atoms with Gasteiger partial charge in [0.1, 0.15) is 5.75 Å². The zero-order valence-corrected chi connectivity index (χ0v) is 17.3. The van der Waals surface area contributed by atoms with E-state index in [0.29, 0.717) is 55.9 Å². The van der Waals surface area contributed by atoms with E-state index in [-0.39, 0.29) is 11.7 Å². The van der Waals surface area contributed by atoms with E-state index in [1.807, 2.05) is 31.2 Å². The Hall–Kier alpha value is -2.91. The lowest BCUT2D eigenvalue weighted by atomic mass is 10.1. The first-order valence-electron chi connectivity index (χ1n) is 10.4. The van der Waals surface area contributed by atoms with Crippen LogP contribution in [0.5, 0.6) is 5.75 Å². The Bertz CT molecular complexity index is 855. The Morgan fingerprint density at radius 3 is 2.77 bits per heavy atom. The zero-order valence-electron chi connectivity index (χ0n) is 17.3. The van der Waals surface area contributed by atoms with Crippen LogP contribution in [-0.4, -0.2) is 48.3 Å². The van der Waals surface area contributed by atoms with Crippen LogP contribution in [0.25, 0.3) is 0 Å². The largest absolute Gasteiger partial charge is 0.493 e. The van der Waals surface area contributed by atoms with Crippen molar-refractivity contribution in [2.24, 2.45) is 11.5 Å². The molecule has 9 nitrogen and oxygen atoms in total. The van der Waals surface area contributed by atoms with Gasteiger partial charge in [-0.15, -0.1) is 0 Å². The number of aromatic nitrogens is 2. The SMILES string of the molecule is CCc1nc(C(N)=O)c(Nc2cccc(OCCCN)c2)nc1NC1CCOCC1. The number of carbonyl (C=O) groups is 1. The lowest BCUT2D eigenvalue weighted by molar-refractivity contribution is 0.0903. The fourth-order valence-corrected chi connectivity index (χ4v) is 3.20. The second-order valence-electron chi connectivity index (χ2n) is 7.11. The van der Waals surface area contributed by atoms with Gasteiger partial charge in [0.05, 0.1) is 12.3 Å². The van der Waals surface area contributed by atoms with E-state index in [1.54, 1.807) is 0 Å². The van der Waals surface area contributed by atoms with Gasteiger partial charge in [-0.3, -0.25) is 4.79 Å². The van der Waals surface area contributed by atoms with Crippen molar-refractivity contribution in [1.82, 2.24) is 9.97 Å². The summed E-state index contributed by atoms with van der Waals surface area (Å²) in [6, 6.07) is 7.67. The number of amides is 1. The fourth-order valence-electron chi connectivity index (χ4n) is 3.20. The smallest absolute Gasteiger partial charge is 0.271 e. The number of anilines is 3. The molecule has 2 heterocycles. The van der Waals surface area contributed by atoms with Gasteiger partial charge in [-0.2, -0.15) is 0 Å². The molecule has 2 aromatic rings. The average Bonchev–Trinajstić information content (AvgIpc) is 2.75. The van der Waals surface area contributed by atoms with E-state index in [2.05, 4.69) is 20.6 Å². The maximum absolute atomic E-state index is 12.0. The van der Waals surface area contributed by atoms with Crippen LogP contribution in [0.2, 0.25) is 0 Å². The Kier molecular flexibility index (Phi) is 7.81. The van der Waals surface area contributed by atoms with Crippen LogP contribution in [0.3, 0.4) is 0 Å². The van der Waals surface area contributed by atoms with Crippen molar-refractivity contribution in [2.45, 2.75) is 38.6 Å². The number of ether oxygens (including phenoxy) is 2. The molecule has 1 amide bonds. The van der Waals surface area contributed by atoms with Crippen LogP contribution in [0.4, 0.5) is 17.3 Å². The molecule has 6 N–H and O–H groups in total. The summed E-state index contributed by atoms with van der Waals surface area (Å²) in [6.45, 7) is 4.51. The molecule has 0 aliphatic carbocycles. The van der Waals surface area contributed by atoms with Gasteiger partial charge in [0.2, 0.25) is 0 Å². The number of hydrogen-bond acceptors (Lipinski definition) is 8. The van der Waals surface area contributed by atoms with E-state index >= 15 is 0 Å². The third-order valence-electron chi connectivity index (χ3n) is 4.81. The first-order chi connectivity index (χ1) is 14.6. The number of primary amides is 1. The van der Waals surface area contributed by atoms with Crippen LogP contribution in [0, 0.1) is 0 Å². The summed E-state index contributed by atoms with van der Waals surface area (Å²) in [7, 11) is 0. The van der Waals surface area contributed by atoms with E-state index in [0.717, 1.165) is 24.9 Å². The van der Waals surface area contributed by atoms with Crippen LogP contribution < -0.4 is 26.8 Å². The molecule has 0 saturated carbocycles. The van der Waals surface area contributed by atoms with Gasteiger partial charge in [-0.05, 0) is 44.4 Å². The topological polar surface area (TPSA) is 137 Å². The number of aryl methyl sites for hydroxylation is 1. The number of hydrogen-bond donors (Lipinski definition) is 4. The van der Waals surface area contributed by atoms with Gasteiger partial charge in [-0.25, -0.2) is 9.97 Å². The average molecular weight is 415 g/mol. The standard InChI is InChI=1S/C21H30N6O3/c1-2-17-20(24-14-7-11-29-12-8-14)27-21(18(26-17)19(23)28)25-15-5-3-6-16(13-15)30-10-4-9-22/h3,5-6,13-14H,2,4,7-12,22H2,1H3,(H2,23,28)(H2,24,25,27). The van der Waals surface area contributed by atoms with Gasteiger partial charge in [0.15, 0.2) is 17.3 Å². The normalized spacial score (nSPS) is 14.3. The highest BCUT2D eigenvalue weighted by Gasteiger charge is 2.20. The summed E-state index contributed by atoms with van der Waals surface area (Å²) in [5.41, 5.74) is 12.6. The molecule has 3 rings (SSSR count). The highest BCUT2D eigenvalue weighted by Crippen LogP contribution is 2.26. The Morgan fingerprint density at radius 1 is 1.27 bits per heavy atom. The van der Waals surface area contributed by atoms with Gasteiger partial charge in [0.25, 0.3) is 5.91 Å². The second-order valence-corrected chi connectivity index (χ2v) is 7.11.